The van der Waals surface area contributed by atoms with Gasteiger partial charge in [0.05, 0.1) is 5.92 Å². The van der Waals surface area contributed by atoms with Crippen molar-refractivity contribution in [2.24, 2.45) is 5.92 Å². The number of amides is 2. The first-order valence-corrected chi connectivity index (χ1v) is 9.61. The number of rotatable bonds is 10. The largest absolute Gasteiger partial charge is 0.481 e. The third kappa shape index (κ3) is 7.02. The molecule has 0 saturated carbocycles. The van der Waals surface area contributed by atoms with E-state index in [-0.39, 0.29) is 37.2 Å². The molecule has 1 atom stereocenters. The molecule has 2 aromatic rings. The molecule has 3 N–H and O–H groups in total. The molecule has 0 aromatic heterocycles. The molecule has 0 heterocycles. The van der Waals surface area contributed by atoms with Crippen molar-refractivity contribution in [3.05, 3.63) is 48.0 Å². The summed E-state index contributed by atoms with van der Waals surface area (Å²) in [7, 11) is 0. The van der Waals surface area contributed by atoms with Gasteiger partial charge in [0.15, 0.2) is 0 Å². The molecule has 0 radical (unpaired) electrons. The maximum Gasteiger partial charge on any atom is 0.308 e. The molecule has 0 bridgehead atoms. The van der Waals surface area contributed by atoms with Crippen LogP contribution in [0.5, 0.6) is 0 Å². The van der Waals surface area contributed by atoms with Gasteiger partial charge in [-0.2, -0.15) is 0 Å². The standard InChI is InChI=1S/C22H28N2O4/c1-15(2)24-21(26)9-5-8-20(25)23-14-19(22(27)28)13-16-10-11-17-6-3-4-7-18(17)12-16/h3-4,6-7,10-12,15,19H,5,8-9,13-14H2,1-2H3,(H,23,25)(H,24,26)(H,27,28). The predicted octanol–water partition coefficient (Wildman–Crippen LogP) is 2.89. The van der Waals surface area contributed by atoms with Crippen LogP contribution in [0.1, 0.15) is 38.7 Å². The Morgan fingerprint density at radius 2 is 1.64 bits per heavy atom. The molecule has 0 aliphatic heterocycles. The summed E-state index contributed by atoms with van der Waals surface area (Å²) in [6.45, 7) is 3.83. The van der Waals surface area contributed by atoms with Gasteiger partial charge in [-0.05, 0) is 43.0 Å². The Bertz CT molecular complexity index is 832. The van der Waals surface area contributed by atoms with Crippen LogP contribution in [0.25, 0.3) is 10.8 Å². The molecule has 2 rings (SSSR count). The number of carbonyl (C=O) groups excluding carboxylic acids is 2. The number of aliphatic carboxylic acids is 1. The Morgan fingerprint density at radius 3 is 2.32 bits per heavy atom. The van der Waals surface area contributed by atoms with E-state index in [1.165, 1.54) is 0 Å². The number of nitrogens with one attached hydrogen (secondary N) is 2. The molecule has 0 fully saturated rings. The molecular weight excluding hydrogens is 356 g/mol. The lowest BCUT2D eigenvalue weighted by molar-refractivity contribution is -0.141. The minimum Gasteiger partial charge on any atom is -0.481 e. The van der Waals surface area contributed by atoms with Crippen molar-refractivity contribution < 1.29 is 19.5 Å². The van der Waals surface area contributed by atoms with Crippen molar-refractivity contribution >= 4 is 28.6 Å². The summed E-state index contributed by atoms with van der Waals surface area (Å²) < 4.78 is 0. The van der Waals surface area contributed by atoms with E-state index >= 15 is 0 Å². The average Bonchev–Trinajstić information content (AvgIpc) is 2.64. The number of fused-ring (bicyclic) bond motifs is 1. The third-order valence-corrected chi connectivity index (χ3v) is 4.45. The summed E-state index contributed by atoms with van der Waals surface area (Å²) in [5.74, 6) is -1.95. The first-order chi connectivity index (χ1) is 13.3. The minimum absolute atomic E-state index is 0.0686. The van der Waals surface area contributed by atoms with Crippen molar-refractivity contribution in [1.82, 2.24) is 10.6 Å². The molecule has 1 unspecified atom stereocenters. The van der Waals surface area contributed by atoms with E-state index in [0.29, 0.717) is 12.8 Å². The van der Waals surface area contributed by atoms with Crippen molar-refractivity contribution in [1.29, 1.82) is 0 Å². The summed E-state index contributed by atoms with van der Waals surface area (Å²) in [6.07, 6.45) is 1.27. The van der Waals surface area contributed by atoms with Gasteiger partial charge in [0, 0.05) is 25.4 Å². The smallest absolute Gasteiger partial charge is 0.308 e. The topological polar surface area (TPSA) is 95.5 Å². The highest BCUT2D eigenvalue weighted by molar-refractivity contribution is 5.83. The maximum atomic E-state index is 12.0. The Morgan fingerprint density at radius 1 is 0.964 bits per heavy atom. The van der Waals surface area contributed by atoms with Crippen LogP contribution < -0.4 is 10.6 Å². The fraction of sp³-hybridized carbons (Fsp3) is 0.409. The van der Waals surface area contributed by atoms with Crippen LogP contribution in [0.4, 0.5) is 0 Å². The summed E-state index contributed by atoms with van der Waals surface area (Å²) in [5, 5.41) is 17.1. The van der Waals surface area contributed by atoms with Crippen LogP contribution in [0.3, 0.4) is 0 Å². The molecule has 2 amide bonds. The number of hydrogen-bond donors (Lipinski definition) is 3. The maximum absolute atomic E-state index is 12.0. The van der Waals surface area contributed by atoms with Crippen LogP contribution in [0.2, 0.25) is 0 Å². The van der Waals surface area contributed by atoms with E-state index in [1.807, 2.05) is 56.3 Å². The lowest BCUT2D eigenvalue weighted by atomic mass is 9.97. The zero-order valence-corrected chi connectivity index (χ0v) is 16.4. The van der Waals surface area contributed by atoms with Gasteiger partial charge in [-0.3, -0.25) is 14.4 Å². The molecule has 0 spiro atoms. The second kappa shape index (κ2) is 10.4. The van der Waals surface area contributed by atoms with Gasteiger partial charge in [0.1, 0.15) is 0 Å². The normalized spacial score (nSPS) is 12.0. The lowest BCUT2D eigenvalue weighted by Crippen LogP contribution is -2.34. The van der Waals surface area contributed by atoms with Crippen LogP contribution >= 0.6 is 0 Å². The average molecular weight is 384 g/mol. The van der Waals surface area contributed by atoms with Gasteiger partial charge in [0.2, 0.25) is 11.8 Å². The molecular formula is C22H28N2O4. The van der Waals surface area contributed by atoms with Gasteiger partial charge < -0.3 is 15.7 Å². The molecule has 6 nitrogen and oxygen atoms in total. The molecule has 2 aromatic carbocycles. The highest BCUT2D eigenvalue weighted by Gasteiger charge is 2.19. The molecule has 0 saturated heterocycles. The van der Waals surface area contributed by atoms with Crippen LogP contribution in [-0.2, 0) is 20.8 Å². The SMILES string of the molecule is CC(C)NC(=O)CCCC(=O)NCC(Cc1ccc2ccccc2c1)C(=O)O. The van der Waals surface area contributed by atoms with Crippen molar-refractivity contribution in [3.63, 3.8) is 0 Å². The van der Waals surface area contributed by atoms with Gasteiger partial charge in [-0.15, -0.1) is 0 Å². The molecule has 28 heavy (non-hydrogen) atoms. The number of hydrogen-bond acceptors (Lipinski definition) is 3. The van der Waals surface area contributed by atoms with E-state index in [2.05, 4.69) is 10.6 Å². The molecule has 150 valence electrons. The van der Waals surface area contributed by atoms with E-state index < -0.39 is 11.9 Å². The molecule has 0 aliphatic carbocycles. The fourth-order valence-corrected chi connectivity index (χ4v) is 3.03. The zero-order chi connectivity index (χ0) is 20.5. The van der Waals surface area contributed by atoms with Crippen LogP contribution in [0.15, 0.2) is 42.5 Å². The van der Waals surface area contributed by atoms with Crippen molar-refractivity contribution in [2.45, 2.75) is 45.6 Å². The van der Waals surface area contributed by atoms with Gasteiger partial charge in [-0.1, -0.05) is 42.5 Å². The number of carboxylic acids is 1. The van der Waals surface area contributed by atoms with E-state index in [1.54, 1.807) is 0 Å². The van der Waals surface area contributed by atoms with E-state index in [0.717, 1.165) is 16.3 Å². The first-order valence-electron chi connectivity index (χ1n) is 9.61. The second-order valence-corrected chi connectivity index (χ2v) is 7.30. The van der Waals surface area contributed by atoms with Crippen molar-refractivity contribution in [2.75, 3.05) is 6.54 Å². The number of benzene rings is 2. The van der Waals surface area contributed by atoms with Crippen molar-refractivity contribution in [3.8, 4) is 0 Å². The summed E-state index contributed by atoms with van der Waals surface area (Å²) >= 11 is 0. The Balaban J connectivity index is 1.82. The van der Waals surface area contributed by atoms with E-state index in [4.69, 9.17) is 0 Å². The predicted molar refractivity (Wildman–Crippen MR) is 109 cm³/mol. The van der Waals surface area contributed by atoms with Gasteiger partial charge in [0.25, 0.3) is 0 Å². The van der Waals surface area contributed by atoms with Crippen LogP contribution in [0, 0.1) is 5.92 Å². The number of carbonyl (C=O) groups is 3. The molecule has 6 heteroatoms. The summed E-state index contributed by atoms with van der Waals surface area (Å²) in [6, 6.07) is 13.9. The number of carboxylic acid groups (broad SMARTS) is 1. The Hall–Kier alpha value is -2.89. The highest BCUT2D eigenvalue weighted by Crippen LogP contribution is 2.18. The van der Waals surface area contributed by atoms with E-state index in [9.17, 15) is 19.5 Å². The highest BCUT2D eigenvalue weighted by atomic mass is 16.4. The quantitative estimate of drug-likeness (QED) is 0.587. The summed E-state index contributed by atoms with van der Waals surface area (Å²) in [4.78, 5) is 35.1. The zero-order valence-electron chi connectivity index (χ0n) is 16.4. The fourth-order valence-electron chi connectivity index (χ4n) is 3.03. The second-order valence-electron chi connectivity index (χ2n) is 7.30. The lowest BCUT2D eigenvalue weighted by Gasteiger charge is -2.14. The van der Waals surface area contributed by atoms with Gasteiger partial charge >= 0.3 is 5.97 Å². The Kier molecular flexibility index (Phi) is 7.99. The molecule has 0 aliphatic rings. The Labute approximate surface area is 165 Å². The monoisotopic (exact) mass is 384 g/mol. The minimum atomic E-state index is -0.940. The van der Waals surface area contributed by atoms with Gasteiger partial charge in [-0.25, -0.2) is 0 Å². The third-order valence-electron chi connectivity index (χ3n) is 4.45. The van der Waals surface area contributed by atoms with Crippen LogP contribution in [-0.4, -0.2) is 35.5 Å². The summed E-state index contributed by atoms with van der Waals surface area (Å²) in [5.41, 5.74) is 0.922. The first kappa shape index (κ1) is 21.4.